The van der Waals surface area contributed by atoms with Crippen LogP contribution < -0.4 is 5.32 Å². The lowest BCUT2D eigenvalue weighted by Gasteiger charge is -2.20. The van der Waals surface area contributed by atoms with Crippen LogP contribution >= 0.6 is 22.9 Å². The van der Waals surface area contributed by atoms with E-state index in [-0.39, 0.29) is 12.3 Å². The third kappa shape index (κ3) is 5.73. The van der Waals surface area contributed by atoms with E-state index in [0.717, 1.165) is 10.6 Å². The Labute approximate surface area is 205 Å². The first-order chi connectivity index (χ1) is 16.4. The summed E-state index contributed by atoms with van der Waals surface area (Å²) in [5.41, 5.74) is 1.47. The van der Waals surface area contributed by atoms with Gasteiger partial charge in [0.2, 0.25) is 5.91 Å². The van der Waals surface area contributed by atoms with Gasteiger partial charge in [0.05, 0.1) is 29.3 Å². The third-order valence-corrected chi connectivity index (χ3v) is 6.39. The van der Waals surface area contributed by atoms with Crippen molar-refractivity contribution in [1.82, 2.24) is 10.3 Å². The van der Waals surface area contributed by atoms with Crippen LogP contribution in [0.3, 0.4) is 0 Å². The van der Waals surface area contributed by atoms with Gasteiger partial charge in [0.15, 0.2) is 6.61 Å². The fraction of sp³-hybridized carbons (Fsp3) is 0.250. The van der Waals surface area contributed by atoms with Gasteiger partial charge in [-0.2, -0.15) is 5.10 Å². The van der Waals surface area contributed by atoms with E-state index in [1.165, 1.54) is 23.3 Å². The van der Waals surface area contributed by atoms with E-state index in [0.29, 0.717) is 22.8 Å². The second-order valence-electron chi connectivity index (χ2n) is 7.67. The van der Waals surface area contributed by atoms with E-state index in [1.54, 1.807) is 42.7 Å². The van der Waals surface area contributed by atoms with Crippen molar-refractivity contribution in [2.24, 2.45) is 5.10 Å². The van der Waals surface area contributed by atoms with E-state index in [1.807, 2.05) is 17.5 Å². The van der Waals surface area contributed by atoms with Crippen LogP contribution in [0, 0.1) is 0 Å². The Kier molecular flexibility index (Phi) is 7.44. The number of ether oxygens (including phenoxy) is 1. The van der Waals surface area contributed by atoms with E-state index < -0.39 is 30.6 Å². The fourth-order valence-electron chi connectivity index (χ4n) is 3.66. The standard InChI is InChI=1S/C24H22ClN3O5S/c1-15(29)26-18(16-6-8-17(25)9-7-16)13-24(31)33-14-23(30)28-20(21-4-2-10-32-21)12-19(27-28)22-5-3-11-34-22/h2-11,18,20H,12-14H2,1H3,(H,26,29). The Morgan fingerprint density at radius 3 is 2.68 bits per heavy atom. The maximum atomic E-state index is 13.0. The van der Waals surface area contributed by atoms with Crippen molar-refractivity contribution in [2.45, 2.75) is 31.8 Å². The molecule has 0 bridgehead atoms. The molecule has 0 aliphatic carbocycles. The quantitative estimate of drug-likeness (QED) is 0.460. The molecule has 3 aromatic rings. The molecule has 2 aromatic heterocycles. The van der Waals surface area contributed by atoms with Crippen molar-refractivity contribution in [3.63, 3.8) is 0 Å². The minimum Gasteiger partial charge on any atom is -0.467 e. The molecule has 0 saturated heterocycles. The molecule has 34 heavy (non-hydrogen) atoms. The van der Waals surface area contributed by atoms with E-state index in [2.05, 4.69) is 10.4 Å². The summed E-state index contributed by atoms with van der Waals surface area (Å²) in [6.07, 6.45) is 1.90. The average Bonchev–Trinajstić information content (AvgIpc) is 3.58. The van der Waals surface area contributed by atoms with Gasteiger partial charge in [0.25, 0.3) is 5.91 Å². The number of hydrazone groups is 1. The van der Waals surface area contributed by atoms with Crippen LogP contribution in [0.15, 0.2) is 69.7 Å². The maximum absolute atomic E-state index is 13.0. The summed E-state index contributed by atoms with van der Waals surface area (Å²) < 4.78 is 10.8. The highest BCUT2D eigenvalue weighted by Crippen LogP contribution is 2.34. The first kappa shape index (κ1) is 23.7. The smallest absolute Gasteiger partial charge is 0.308 e. The van der Waals surface area contributed by atoms with Crippen LogP contribution in [0.1, 0.15) is 48.0 Å². The summed E-state index contributed by atoms with van der Waals surface area (Å²) in [7, 11) is 0. The predicted octanol–water partition coefficient (Wildman–Crippen LogP) is 4.48. The lowest BCUT2D eigenvalue weighted by Crippen LogP contribution is -2.32. The summed E-state index contributed by atoms with van der Waals surface area (Å²) in [6, 6.07) is 13.2. The van der Waals surface area contributed by atoms with Crippen LogP contribution in [-0.4, -0.2) is 35.1 Å². The minimum absolute atomic E-state index is 0.139. The van der Waals surface area contributed by atoms with Crippen molar-refractivity contribution in [3.05, 3.63) is 81.4 Å². The highest BCUT2D eigenvalue weighted by molar-refractivity contribution is 7.12. The number of hydrogen-bond donors (Lipinski definition) is 1. The van der Waals surface area contributed by atoms with Crippen LogP contribution in [0.5, 0.6) is 0 Å². The fourth-order valence-corrected chi connectivity index (χ4v) is 4.51. The number of carbonyl (C=O) groups is 3. The largest absolute Gasteiger partial charge is 0.467 e. The normalized spacial score (nSPS) is 16.1. The highest BCUT2D eigenvalue weighted by Gasteiger charge is 2.35. The topological polar surface area (TPSA) is 101 Å². The van der Waals surface area contributed by atoms with Crippen LogP contribution in [-0.2, 0) is 19.1 Å². The number of hydrogen-bond acceptors (Lipinski definition) is 7. The number of nitrogens with zero attached hydrogens (tertiary/aromatic N) is 2. The van der Waals surface area contributed by atoms with Crippen molar-refractivity contribution in [1.29, 1.82) is 0 Å². The third-order valence-electron chi connectivity index (χ3n) is 5.22. The number of carbonyl (C=O) groups excluding carboxylic acids is 3. The van der Waals surface area contributed by atoms with E-state index in [4.69, 9.17) is 20.8 Å². The Hall–Kier alpha value is -3.43. The molecular formula is C24H22ClN3O5S. The predicted molar refractivity (Wildman–Crippen MR) is 127 cm³/mol. The molecule has 1 aromatic carbocycles. The monoisotopic (exact) mass is 499 g/mol. The second kappa shape index (κ2) is 10.7. The van der Waals surface area contributed by atoms with Crippen molar-refractivity contribution in [3.8, 4) is 0 Å². The first-order valence-corrected chi connectivity index (χ1v) is 11.8. The van der Waals surface area contributed by atoms with Crippen molar-refractivity contribution in [2.75, 3.05) is 6.61 Å². The average molecular weight is 500 g/mol. The lowest BCUT2D eigenvalue weighted by atomic mass is 10.0. The Balaban J connectivity index is 1.42. The lowest BCUT2D eigenvalue weighted by molar-refractivity contribution is -0.153. The summed E-state index contributed by atoms with van der Waals surface area (Å²) in [4.78, 5) is 38.1. The zero-order chi connectivity index (χ0) is 24.1. The highest BCUT2D eigenvalue weighted by atomic mass is 35.5. The summed E-state index contributed by atoms with van der Waals surface area (Å²) in [6.45, 7) is 0.883. The maximum Gasteiger partial charge on any atom is 0.308 e. The SMILES string of the molecule is CC(=O)NC(CC(=O)OCC(=O)N1N=C(c2cccs2)CC1c1ccco1)c1ccc(Cl)cc1. The number of nitrogens with one attached hydrogen (secondary N) is 1. The molecule has 2 unspecified atom stereocenters. The number of esters is 1. The van der Waals surface area contributed by atoms with Gasteiger partial charge in [-0.1, -0.05) is 29.8 Å². The van der Waals surface area contributed by atoms with E-state index in [9.17, 15) is 14.4 Å². The molecule has 4 rings (SSSR count). The van der Waals surface area contributed by atoms with Gasteiger partial charge in [0, 0.05) is 18.4 Å². The molecule has 10 heteroatoms. The summed E-state index contributed by atoms with van der Waals surface area (Å²) in [5.74, 6) is -0.789. The summed E-state index contributed by atoms with van der Waals surface area (Å²) in [5, 5.41) is 11.0. The molecule has 0 spiro atoms. The zero-order valence-corrected chi connectivity index (χ0v) is 19.8. The van der Waals surface area contributed by atoms with Gasteiger partial charge in [-0.25, -0.2) is 5.01 Å². The zero-order valence-electron chi connectivity index (χ0n) is 18.3. The van der Waals surface area contributed by atoms with Gasteiger partial charge in [0.1, 0.15) is 11.8 Å². The molecule has 0 fully saturated rings. The number of furan rings is 1. The summed E-state index contributed by atoms with van der Waals surface area (Å²) >= 11 is 7.46. The Morgan fingerprint density at radius 2 is 2.03 bits per heavy atom. The van der Waals surface area contributed by atoms with Gasteiger partial charge in [-0.15, -0.1) is 11.3 Å². The molecular weight excluding hydrogens is 478 g/mol. The number of benzene rings is 1. The molecule has 2 atom stereocenters. The molecule has 3 heterocycles. The molecule has 0 saturated carbocycles. The van der Waals surface area contributed by atoms with Gasteiger partial charge < -0.3 is 14.5 Å². The Bertz CT molecular complexity index is 1180. The van der Waals surface area contributed by atoms with E-state index >= 15 is 0 Å². The molecule has 176 valence electrons. The van der Waals surface area contributed by atoms with Crippen LogP contribution in [0.25, 0.3) is 0 Å². The van der Waals surface area contributed by atoms with Gasteiger partial charge in [-0.05, 0) is 41.3 Å². The molecule has 0 radical (unpaired) electrons. The van der Waals surface area contributed by atoms with Crippen molar-refractivity contribution >= 4 is 46.4 Å². The molecule has 1 N–H and O–H groups in total. The first-order valence-electron chi connectivity index (χ1n) is 10.6. The minimum atomic E-state index is -0.627. The van der Waals surface area contributed by atoms with Crippen LogP contribution in [0.2, 0.25) is 5.02 Å². The second-order valence-corrected chi connectivity index (χ2v) is 9.05. The van der Waals surface area contributed by atoms with Gasteiger partial charge in [-0.3, -0.25) is 14.4 Å². The molecule has 2 amide bonds. The van der Waals surface area contributed by atoms with Gasteiger partial charge >= 0.3 is 5.97 Å². The molecule has 8 nitrogen and oxygen atoms in total. The number of rotatable bonds is 8. The molecule has 1 aliphatic rings. The van der Waals surface area contributed by atoms with Crippen molar-refractivity contribution < 1.29 is 23.5 Å². The number of halogens is 1. The Morgan fingerprint density at radius 1 is 1.24 bits per heavy atom. The number of amides is 2. The van der Waals surface area contributed by atoms with Crippen LogP contribution in [0.4, 0.5) is 0 Å². The molecule has 1 aliphatic heterocycles. The number of thiophene rings is 1.